The average Bonchev–Trinajstić information content (AvgIpc) is 3.13. The van der Waals surface area contributed by atoms with E-state index in [4.69, 9.17) is 27.1 Å². The zero-order chi connectivity index (χ0) is 14.1. The quantitative estimate of drug-likeness (QED) is 0.737. The molecule has 0 unspecified atom stereocenters. The van der Waals surface area contributed by atoms with Crippen molar-refractivity contribution in [3.05, 3.63) is 29.1 Å². The highest BCUT2D eigenvalue weighted by Gasteiger charge is 2.19. The van der Waals surface area contributed by atoms with E-state index in [1.54, 1.807) is 12.1 Å². The number of hydrogen-bond donors (Lipinski definition) is 1. The summed E-state index contributed by atoms with van der Waals surface area (Å²) in [6, 6.07) is 5.45. The van der Waals surface area contributed by atoms with Gasteiger partial charge in [0.1, 0.15) is 15.8 Å². The van der Waals surface area contributed by atoms with Crippen LogP contribution in [0, 0.1) is 11.3 Å². The maximum absolute atomic E-state index is 9.02. The largest absolute Gasteiger partial charge is 0.461 e. The Labute approximate surface area is 126 Å². The summed E-state index contributed by atoms with van der Waals surface area (Å²) < 4.78 is 11.0. The Bertz CT molecular complexity index is 787. The Hall–Kier alpha value is -2.02. The molecular formula is C10H5ClN6OS2. The molecule has 3 aromatic rings. The Morgan fingerprint density at radius 3 is 3.05 bits per heavy atom. The molecule has 0 atom stereocenters. The average molecular weight is 325 g/mol. The van der Waals surface area contributed by atoms with E-state index in [9.17, 15) is 0 Å². The van der Waals surface area contributed by atoms with Gasteiger partial charge in [-0.1, -0.05) is 11.6 Å². The van der Waals surface area contributed by atoms with Gasteiger partial charge in [-0.3, -0.25) is 0 Å². The highest BCUT2D eigenvalue weighted by Crippen LogP contribution is 2.36. The number of nitrogens with zero attached hydrogens (tertiary/aromatic N) is 5. The third kappa shape index (κ3) is 2.14. The van der Waals surface area contributed by atoms with Gasteiger partial charge in [-0.2, -0.15) is 9.64 Å². The van der Waals surface area contributed by atoms with Gasteiger partial charge >= 0.3 is 0 Å². The summed E-state index contributed by atoms with van der Waals surface area (Å²) in [5, 5.41) is 17.5. The summed E-state index contributed by atoms with van der Waals surface area (Å²) in [6.07, 6.45) is 1.52. The zero-order valence-electron chi connectivity index (χ0n) is 9.65. The van der Waals surface area contributed by atoms with Gasteiger partial charge in [0.15, 0.2) is 10.9 Å². The smallest absolute Gasteiger partial charge is 0.218 e. The van der Waals surface area contributed by atoms with Crippen LogP contribution in [-0.4, -0.2) is 19.2 Å². The number of nitrogens with two attached hydrogens (primary N) is 1. The van der Waals surface area contributed by atoms with Crippen molar-refractivity contribution in [1.29, 1.82) is 5.26 Å². The third-order valence-corrected chi connectivity index (χ3v) is 4.66. The molecule has 0 spiro atoms. The van der Waals surface area contributed by atoms with Crippen LogP contribution in [0.4, 0.5) is 0 Å². The van der Waals surface area contributed by atoms with Crippen molar-refractivity contribution in [3.8, 4) is 17.7 Å². The number of hydrogen-bond acceptors (Lipinski definition) is 8. The summed E-state index contributed by atoms with van der Waals surface area (Å²) in [4.78, 5) is 0. The van der Waals surface area contributed by atoms with Crippen molar-refractivity contribution in [3.63, 3.8) is 0 Å². The van der Waals surface area contributed by atoms with Crippen LogP contribution < -0.4 is 5.84 Å². The minimum absolute atomic E-state index is 0.175. The van der Waals surface area contributed by atoms with Gasteiger partial charge < -0.3 is 10.3 Å². The van der Waals surface area contributed by atoms with Crippen molar-refractivity contribution >= 4 is 34.9 Å². The second-order valence-electron chi connectivity index (χ2n) is 3.50. The van der Waals surface area contributed by atoms with E-state index < -0.39 is 0 Å². The highest BCUT2D eigenvalue weighted by molar-refractivity contribution is 8.01. The maximum atomic E-state index is 9.02. The van der Waals surface area contributed by atoms with Crippen LogP contribution in [0.3, 0.4) is 0 Å². The lowest BCUT2D eigenvalue weighted by molar-refractivity contribution is 0.574. The van der Waals surface area contributed by atoms with E-state index in [2.05, 4.69) is 14.6 Å². The molecule has 20 heavy (non-hydrogen) atoms. The number of furan rings is 1. The third-order valence-electron chi connectivity index (χ3n) is 2.32. The maximum Gasteiger partial charge on any atom is 0.218 e. The summed E-state index contributed by atoms with van der Waals surface area (Å²) >= 11 is 8.10. The first-order valence-electron chi connectivity index (χ1n) is 5.18. The molecule has 0 saturated heterocycles. The molecule has 0 saturated carbocycles. The topological polar surface area (TPSA) is 107 Å². The normalized spacial score (nSPS) is 10.6. The summed E-state index contributed by atoms with van der Waals surface area (Å²) in [6.45, 7) is 0. The van der Waals surface area contributed by atoms with Crippen LogP contribution in [0.15, 0.2) is 32.2 Å². The Morgan fingerprint density at radius 1 is 1.50 bits per heavy atom. The highest BCUT2D eigenvalue weighted by atomic mass is 35.5. The van der Waals surface area contributed by atoms with Crippen LogP contribution in [0.25, 0.3) is 11.6 Å². The number of nitriles is 1. The molecule has 0 fully saturated rings. The van der Waals surface area contributed by atoms with Gasteiger partial charge in [0.2, 0.25) is 11.0 Å². The van der Waals surface area contributed by atoms with E-state index in [-0.39, 0.29) is 5.15 Å². The van der Waals surface area contributed by atoms with Gasteiger partial charge in [-0.05, 0) is 35.4 Å². The molecule has 3 heterocycles. The number of aromatic nitrogens is 4. The van der Waals surface area contributed by atoms with Gasteiger partial charge in [0, 0.05) is 0 Å². The van der Waals surface area contributed by atoms with Crippen molar-refractivity contribution in [1.82, 2.24) is 19.2 Å². The first-order chi connectivity index (χ1) is 9.70. The molecule has 0 amide bonds. The van der Waals surface area contributed by atoms with Crippen molar-refractivity contribution < 1.29 is 4.42 Å². The van der Waals surface area contributed by atoms with E-state index in [1.165, 1.54) is 22.7 Å². The predicted molar refractivity (Wildman–Crippen MR) is 73.8 cm³/mol. The lowest BCUT2D eigenvalue weighted by Gasteiger charge is -2.00. The fourth-order valence-electron chi connectivity index (χ4n) is 1.42. The van der Waals surface area contributed by atoms with E-state index in [0.717, 1.165) is 11.5 Å². The van der Waals surface area contributed by atoms with Crippen LogP contribution in [0.5, 0.6) is 0 Å². The molecule has 0 aliphatic rings. The van der Waals surface area contributed by atoms with Crippen LogP contribution in [0.2, 0.25) is 5.15 Å². The number of rotatable bonds is 3. The van der Waals surface area contributed by atoms with Gasteiger partial charge in [-0.25, -0.2) is 4.68 Å². The molecule has 0 aromatic carbocycles. The fourth-order valence-corrected chi connectivity index (χ4v) is 3.42. The van der Waals surface area contributed by atoms with Crippen LogP contribution in [-0.2, 0) is 0 Å². The fraction of sp³-hybridized carbons (Fsp3) is 0. The molecule has 0 aliphatic carbocycles. The van der Waals surface area contributed by atoms with E-state index in [0.29, 0.717) is 26.5 Å². The van der Waals surface area contributed by atoms with Crippen molar-refractivity contribution in [2.75, 3.05) is 5.84 Å². The molecular weight excluding hydrogens is 320 g/mol. The number of nitrogen functional groups attached to an aromatic ring is 1. The molecule has 0 aliphatic heterocycles. The molecule has 0 radical (unpaired) electrons. The van der Waals surface area contributed by atoms with E-state index >= 15 is 0 Å². The summed E-state index contributed by atoms with van der Waals surface area (Å²) in [5.41, 5.74) is 0.309. The Balaban J connectivity index is 1.95. The van der Waals surface area contributed by atoms with Gasteiger partial charge in [0.25, 0.3) is 0 Å². The van der Waals surface area contributed by atoms with Crippen LogP contribution >= 0.6 is 34.9 Å². The number of halogens is 1. The summed E-state index contributed by atoms with van der Waals surface area (Å²) in [5.74, 6) is 6.82. The molecule has 10 heteroatoms. The van der Waals surface area contributed by atoms with Gasteiger partial charge in [0.05, 0.1) is 6.26 Å². The predicted octanol–water partition coefficient (Wildman–Crippen LogP) is 2.38. The monoisotopic (exact) mass is 324 g/mol. The molecule has 3 rings (SSSR count). The minimum atomic E-state index is 0.175. The Kier molecular flexibility index (Phi) is 3.35. The molecule has 3 aromatic heterocycles. The molecule has 0 bridgehead atoms. The lowest BCUT2D eigenvalue weighted by atomic mass is 10.4. The lowest BCUT2D eigenvalue weighted by Crippen LogP contribution is -2.11. The first-order valence-corrected chi connectivity index (χ1v) is 7.15. The van der Waals surface area contributed by atoms with Crippen molar-refractivity contribution in [2.24, 2.45) is 0 Å². The Morgan fingerprint density at radius 2 is 2.35 bits per heavy atom. The molecule has 7 nitrogen and oxygen atoms in total. The zero-order valence-corrected chi connectivity index (χ0v) is 12.0. The SMILES string of the molecule is N#Cc1c(Cl)nsc1Sc1nnc(-c2ccco2)n1N. The van der Waals surface area contributed by atoms with E-state index in [1.807, 2.05) is 6.07 Å². The standard InChI is InChI=1S/C10H5ClN6OS2/c11-7-5(4-12)9(20-16-7)19-10-15-14-8(17(10)13)6-2-1-3-18-6/h1-3H,13H2. The molecule has 2 N–H and O–H groups in total. The minimum Gasteiger partial charge on any atom is -0.461 e. The first kappa shape index (κ1) is 13.0. The van der Waals surface area contributed by atoms with Gasteiger partial charge in [-0.15, -0.1) is 10.2 Å². The second-order valence-corrected chi connectivity index (χ2v) is 5.87. The van der Waals surface area contributed by atoms with Crippen molar-refractivity contribution in [2.45, 2.75) is 9.37 Å². The summed E-state index contributed by atoms with van der Waals surface area (Å²) in [7, 11) is 0. The molecule has 100 valence electrons. The second kappa shape index (κ2) is 5.16. The van der Waals surface area contributed by atoms with Crippen LogP contribution in [0.1, 0.15) is 5.56 Å².